The van der Waals surface area contributed by atoms with Crippen LogP contribution in [0, 0.1) is 0 Å². The maximum atomic E-state index is 11.4. The molecule has 0 saturated carbocycles. The molecular formula is C17H14BrN3O4S. The van der Waals surface area contributed by atoms with Crippen molar-refractivity contribution < 1.29 is 18.3 Å². The Bertz CT molecular complexity index is 1060. The zero-order chi connectivity index (χ0) is 18.9. The Labute approximate surface area is 158 Å². The van der Waals surface area contributed by atoms with E-state index in [1.807, 2.05) is 30.3 Å². The van der Waals surface area contributed by atoms with Crippen molar-refractivity contribution in [3.63, 3.8) is 0 Å². The van der Waals surface area contributed by atoms with E-state index in [0.717, 1.165) is 5.56 Å². The van der Waals surface area contributed by atoms with Gasteiger partial charge in [-0.3, -0.25) is 4.79 Å². The van der Waals surface area contributed by atoms with Gasteiger partial charge in [0, 0.05) is 5.56 Å². The summed E-state index contributed by atoms with van der Waals surface area (Å²) in [7, 11) is -3.80. The van der Waals surface area contributed by atoms with E-state index in [1.54, 1.807) is 16.8 Å². The molecule has 1 aromatic heterocycles. The number of aliphatic carboxylic acids is 1. The molecule has 26 heavy (non-hydrogen) atoms. The van der Waals surface area contributed by atoms with Crippen LogP contribution in [0.4, 0.5) is 0 Å². The van der Waals surface area contributed by atoms with E-state index in [4.69, 9.17) is 10.2 Å². The first-order valence-electron chi connectivity index (χ1n) is 7.45. The second kappa shape index (κ2) is 7.02. The Morgan fingerprint density at radius 2 is 1.73 bits per heavy atom. The first-order chi connectivity index (χ1) is 12.3. The van der Waals surface area contributed by atoms with Gasteiger partial charge in [-0.05, 0) is 40.2 Å². The molecule has 0 bridgehead atoms. The molecule has 0 amide bonds. The standard InChI is InChI=1S/C17H14BrN3O4S/c18-16-14(10-15(22)23)20-21(17(16)11-4-2-1-3-5-11)12-6-8-13(9-7-12)26(19,24)25/h1-9H,10H2,(H,22,23)(H2,19,24,25). The lowest BCUT2D eigenvalue weighted by atomic mass is 10.1. The van der Waals surface area contributed by atoms with Crippen LogP contribution in [0.25, 0.3) is 16.9 Å². The maximum Gasteiger partial charge on any atom is 0.309 e. The average molecular weight is 436 g/mol. The van der Waals surface area contributed by atoms with Crippen LogP contribution in [0.1, 0.15) is 5.69 Å². The van der Waals surface area contributed by atoms with Crippen molar-refractivity contribution in [1.82, 2.24) is 9.78 Å². The molecule has 0 aliphatic heterocycles. The van der Waals surface area contributed by atoms with E-state index >= 15 is 0 Å². The lowest BCUT2D eigenvalue weighted by molar-refractivity contribution is -0.136. The topological polar surface area (TPSA) is 115 Å². The van der Waals surface area contributed by atoms with Gasteiger partial charge in [-0.1, -0.05) is 30.3 Å². The molecule has 134 valence electrons. The molecule has 3 rings (SSSR count). The molecule has 7 nitrogen and oxygen atoms in total. The van der Waals surface area contributed by atoms with E-state index in [1.165, 1.54) is 12.1 Å². The lowest BCUT2D eigenvalue weighted by Gasteiger charge is -2.09. The predicted molar refractivity (Wildman–Crippen MR) is 99.4 cm³/mol. The molecule has 0 aliphatic rings. The van der Waals surface area contributed by atoms with Crippen LogP contribution in [-0.2, 0) is 21.2 Å². The van der Waals surface area contributed by atoms with Crippen LogP contribution in [0.15, 0.2) is 64.0 Å². The number of nitrogens with zero attached hydrogens (tertiary/aromatic N) is 2. The summed E-state index contributed by atoms with van der Waals surface area (Å²) in [5.74, 6) is -1.00. The van der Waals surface area contributed by atoms with Gasteiger partial charge >= 0.3 is 5.97 Å². The quantitative estimate of drug-likeness (QED) is 0.638. The number of aromatic nitrogens is 2. The van der Waals surface area contributed by atoms with Crippen molar-refractivity contribution in [2.75, 3.05) is 0 Å². The largest absolute Gasteiger partial charge is 0.481 e. The van der Waals surface area contributed by atoms with Crippen molar-refractivity contribution in [3.05, 3.63) is 64.8 Å². The number of carboxylic acids is 1. The average Bonchev–Trinajstić information content (AvgIpc) is 2.91. The van der Waals surface area contributed by atoms with Gasteiger partial charge in [-0.25, -0.2) is 18.2 Å². The third kappa shape index (κ3) is 3.69. The van der Waals surface area contributed by atoms with Gasteiger partial charge in [-0.2, -0.15) is 5.10 Å². The number of halogens is 1. The highest BCUT2D eigenvalue weighted by Crippen LogP contribution is 2.33. The summed E-state index contributed by atoms with van der Waals surface area (Å²) in [5.41, 5.74) is 2.45. The summed E-state index contributed by atoms with van der Waals surface area (Å²) in [5, 5.41) is 18.6. The van der Waals surface area contributed by atoms with Gasteiger partial charge in [0.2, 0.25) is 10.0 Å². The van der Waals surface area contributed by atoms with Gasteiger partial charge in [0.1, 0.15) is 0 Å². The predicted octanol–water partition coefficient (Wildman–Crippen LogP) is 2.58. The molecule has 0 spiro atoms. The highest BCUT2D eigenvalue weighted by molar-refractivity contribution is 9.10. The van der Waals surface area contributed by atoms with Crippen molar-refractivity contribution in [1.29, 1.82) is 0 Å². The summed E-state index contributed by atoms with van der Waals surface area (Å²) in [6.07, 6.45) is -0.247. The van der Waals surface area contributed by atoms with Crippen LogP contribution in [0.5, 0.6) is 0 Å². The summed E-state index contributed by atoms with van der Waals surface area (Å²) in [4.78, 5) is 11.1. The number of hydrogen-bond acceptors (Lipinski definition) is 4. The normalized spacial score (nSPS) is 11.5. The zero-order valence-corrected chi connectivity index (χ0v) is 15.7. The second-order valence-corrected chi connectivity index (χ2v) is 7.85. The number of primary sulfonamides is 1. The van der Waals surface area contributed by atoms with Crippen LogP contribution < -0.4 is 5.14 Å². The Morgan fingerprint density at radius 3 is 2.27 bits per heavy atom. The molecule has 1 heterocycles. The summed E-state index contributed by atoms with van der Waals surface area (Å²) in [6.45, 7) is 0. The van der Waals surface area contributed by atoms with Crippen LogP contribution in [-0.4, -0.2) is 29.3 Å². The smallest absolute Gasteiger partial charge is 0.309 e. The fourth-order valence-electron chi connectivity index (χ4n) is 2.51. The van der Waals surface area contributed by atoms with E-state index in [0.29, 0.717) is 21.5 Å². The molecule has 3 aromatic rings. The minimum absolute atomic E-state index is 0.0144. The number of benzene rings is 2. The van der Waals surface area contributed by atoms with E-state index in [-0.39, 0.29) is 11.3 Å². The molecule has 9 heteroatoms. The fraction of sp³-hybridized carbons (Fsp3) is 0.0588. The Balaban J connectivity index is 2.18. The Hall–Kier alpha value is -2.49. The van der Waals surface area contributed by atoms with Crippen LogP contribution >= 0.6 is 15.9 Å². The molecule has 0 unspecified atom stereocenters. The molecule has 2 aromatic carbocycles. The molecule has 0 radical (unpaired) electrons. The number of carbonyl (C=O) groups is 1. The van der Waals surface area contributed by atoms with Crippen LogP contribution in [0.2, 0.25) is 0 Å². The SMILES string of the molecule is NS(=O)(=O)c1ccc(-n2nc(CC(=O)O)c(Br)c2-c2ccccc2)cc1. The number of rotatable bonds is 5. The first kappa shape index (κ1) is 18.3. The minimum Gasteiger partial charge on any atom is -0.481 e. The van der Waals surface area contributed by atoms with Gasteiger partial charge in [0.05, 0.1) is 32.9 Å². The Kier molecular flexibility index (Phi) is 4.94. The third-order valence-electron chi connectivity index (χ3n) is 3.67. The van der Waals surface area contributed by atoms with Crippen molar-refractivity contribution in [2.45, 2.75) is 11.3 Å². The molecule has 3 N–H and O–H groups in total. The van der Waals surface area contributed by atoms with E-state index in [9.17, 15) is 13.2 Å². The number of hydrogen-bond donors (Lipinski definition) is 2. The molecular weight excluding hydrogens is 422 g/mol. The molecule has 0 atom stereocenters. The van der Waals surface area contributed by atoms with E-state index < -0.39 is 16.0 Å². The van der Waals surface area contributed by atoms with Gasteiger partial charge < -0.3 is 5.11 Å². The monoisotopic (exact) mass is 435 g/mol. The first-order valence-corrected chi connectivity index (χ1v) is 9.79. The van der Waals surface area contributed by atoms with E-state index in [2.05, 4.69) is 21.0 Å². The van der Waals surface area contributed by atoms with Gasteiger partial charge in [-0.15, -0.1) is 0 Å². The number of sulfonamides is 1. The van der Waals surface area contributed by atoms with Crippen molar-refractivity contribution >= 4 is 31.9 Å². The summed E-state index contributed by atoms with van der Waals surface area (Å²) in [6, 6.07) is 15.2. The Morgan fingerprint density at radius 1 is 1.12 bits per heavy atom. The molecule has 0 saturated heterocycles. The second-order valence-electron chi connectivity index (χ2n) is 5.50. The summed E-state index contributed by atoms with van der Waals surface area (Å²) >= 11 is 3.45. The fourth-order valence-corrected chi connectivity index (χ4v) is 3.64. The van der Waals surface area contributed by atoms with Gasteiger partial charge in [0.15, 0.2) is 0 Å². The summed E-state index contributed by atoms with van der Waals surface area (Å²) < 4.78 is 25.0. The number of nitrogens with two attached hydrogens (primary N) is 1. The molecule has 0 aliphatic carbocycles. The van der Waals surface area contributed by atoms with Crippen molar-refractivity contribution in [2.24, 2.45) is 5.14 Å². The highest BCUT2D eigenvalue weighted by atomic mass is 79.9. The lowest BCUT2D eigenvalue weighted by Crippen LogP contribution is -2.12. The van der Waals surface area contributed by atoms with Gasteiger partial charge in [0.25, 0.3) is 0 Å². The highest BCUT2D eigenvalue weighted by Gasteiger charge is 2.20. The maximum absolute atomic E-state index is 11.4. The zero-order valence-electron chi connectivity index (χ0n) is 13.3. The number of carboxylic acid groups (broad SMARTS) is 1. The minimum atomic E-state index is -3.80. The van der Waals surface area contributed by atoms with Crippen molar-refractivity contribution in [3.8, 4) is 16.9 Å². The molecule has 0 fully saturated rings. The third-order valence-corrected chi connectivity index (χ3v) is 5.43. The van der Waals surface area contributed by atoms with Crippen LogP contribution in [0.3, 0.4) is 0 Å².